The number of benzene rings is 7. The molecule has 0 N–H and O–H groups in total. The second-order valence-electron chi connectivity index (χ2n) is 12.6. The quantitative estimate of drug-likeness (QED) is 0.147. The summed E-state index contributed by atoms with van der Waals surface area (Å²) in [6, 6.07) is 53.6. The molecule has 0 fully saturated rings. The summed E-state index contributed by atoms with van der Waals surface area (Å²) in [6.45, 7) is 0. The van der Waals surface area contributed by atoms with Gasteiger partial charge >= 0.3 is 0 Å². The highest BCUT2D eigenvalue weighted by atomic mass is 16.3. The van der Waals surface area contributed by atoms with Gasteiger partial charge in [-0.2, -0.15) is 0 Å². The van der Waals surface area contributed by atoms with Gasteiger partial charge in [0, 0.05) is 49.0 Å². The van der Waals surface area contributed by atoms with E-state index in [1.807, 2.05) is 30.3 Å². The molecule has 0 bridgehead atoms. The summed E-state index contributed by atoms with van der Waals surface area (Å²) in [5, 5.41) is 9.62. The third-order valence-electron chi connectivity index (χ3n) is 9.91. The van der Waals surface area contributed by atoms with Crippen LogP contribution in [0.4, 0.5) is 0 Å². The Kier molecular flexibility index (Phi) is 5.08. The fourth-order valence-corrected chi connectivity index (χ4v) is 7.78. The lowest BCUT2D eigenvalue weighted by atomic mass is 9.96. The number of aromatic nitrogens is 3. The Bertz CT molecular complexity index is 3060. The van der Waals surface area contributed by atoms with E-state index in [1.54, 1.807) is 0 Å². The Morgan fingerprint density at radius 2 is 1.06 bits per heavy atom. The first-order valence-electron chi connectivity index (χ1n) is 16.2. The van der Waals surface area contributed by atoms with Gasteiger partial charge < -0.3 is 8.82 Å². The number of pyridine rings is 1. The highest BCUT2D eigenvalue weighted by Gasteiger charge is 2.20. The summed E-state index contributed by atoms with van der Waals surface area (Å²) in [5.74, 6) is 0.698. The monoisotopic (exact) mass is 611 g/mol. The lowest BCUT2D eigenvalue weighted by Crippen LogP contribution is -1.97. The number of fused-ring (bicyclic) bond motifs is 8. The second kappa shape index (κ2) is 9.50. The van der Waals surface area contributed by atoms with Crippen molar-refractivity contribution in [3.8, 4) is 33.9 Å². The number of nitrogens with zero attached hydrogens (tertiary/aromatic N) is 3. The van der Waals surface area contributed by atoms with Crippen LogP contribution in [0.1, 0.15) is 0 Å². The SMILES string of the molecule is c1ccc(-c2nc(-c3ccc4oc5ccccc5c4c3)cc(-c3cc4c5cccc6cccc(c65)n5c6ccccc6c(c3)c45)n2)cc1. The minimum Gasteiger partial charge on any atom is -0.456 e. The molecule has 222 valence electrons. The van der Waals surface area contributed by atoms with Gasteiger partial charge in [-0.3, -0.25) is 0 Å². The van der Waals surface area contributed by atoms with Gasteiger partial charge in [-0.1, -0.05) is 97.1 Å². The van der Waals surface area contributed by atoms with Crippen LogP contribution in [0, 0.1) is 0 Å². The molecule has 0 unspecified atom stereocenters. The van der Waals surface area contributed by atoms with E-state index in [4.69, 9.17) is 14.4 Å². The lowest BCUT2D eigenvalue weighted by molar-refractivity contribution is 0.669. The summed E-state index contributed by atoms with van der Waals surface area (Å²) in [5.41, 5.74) is 10.2. The molecule has 0 radical (unpaired) electrons. The molecule has 11 rings (SSSR count). The van der Waals surface area contributed by atoms with Crippen LogP contribution in [-0.4, -0.2) is 14.4 Å². The maximum absolute atomic E-state index is 6.15. The highest BCUT2D eigenvalue weighted by Crippen LogP contribution is 2.43. The van der Waals surface area contributed by atoms with E-state index in [-0.39, 0.29) is 0 Å². The van der Waals surface area contributed by atoms with E-state index in [0.29, 0.717) is 5.82 Å². The van der Waals surface area contributed by atoms with Crippen molar-refractivity contribution in [2.24, 2.45) is 0 Å². The fraction of sp³-hybridized carbons (Fsp3) is 0. The predicted molar refractivity (Wildman–Crippen MR) is 198 cm³/mol. The van der Waals surface area contributed by atoms with Gasteiger partial charge in [-0.25, -0.2) is 9.97 Å². The maximum atomic E-state index is 6.15. The lowest BCUT2D eigenvalue weighted by Gasteiger charge is -2.14. The number of hydrogen-bond donors (Lipinski definition) is 0. The smallest absolute Gasteiger partial charge is 0.160 e. The largest absolute Gasteiger partial charge is 0.456 e. The number of para-hydroxylation sites is 2. The molecule has 0 amide bonds. The zero-order valence-corrected chi connectivity index (χ0v) is 25.7. The van der Waals surface area contributed by atoms with Gasteiger partial charge in [0.1, 0.15) is 11.2 Å². The van der Waals surface area contributed by atoms with Crippen LogP contribution in [0.25, 0.3) is 105 Å². The Morgan fingerprint density at radius 1 is 0.417 bits per heavy atom. The Hall–Kier alpha value is -6.52. The van der Waals surface area contributed by atoms with Crippen molar-refractivity contribution in [1.82, 2.24) is 14.4 Å². The van der Waals surface area contributed by atoms with Crippen molar-refractivity contribution in [2.45, 2.75) is 0 Å². The van der Waals surface area contributed by atoms with Crippen molar-refractivity contribution in [1.29, 1.82) is 0 Å². The molecule has 48 heavy (non-hydrogen) atoms. The molecular weight excluding hydrogens is 587 g/mol. The first kappa shape index (κ1) is 25.6. The van der Waals surface area contributed by atoms with Crippen LogP contribution >= 0.6 is 0 Å². The molecule has 0 spiro atoms. The summed E-state index contributed by atoms with van der Waals surface area (Å²) >= 11 is 0. The average molecular weight is 612 g/mol. The zero-order valence-electron chi connectivity index (χ0n) is 25.7. The molecule has 0 atom stereocenters. The summed E-state index contributed by atoms with van der Waals surface area (Å²) in [7, 11) is 0. The van der Waals surface area contributed by atoms with E-state index in [9.17, 15) is 0 Å². The zero-order chi connectivity index (χ0) is 31.3. The molecular formula is C44H25N3O. The van der Waals surface area contributed by atoms with Gasteiger partial charge in [0.2, 0.25) is 0 Å². The molecule has 0 saturated heterocycles. The van der Waals surface area contributed by atoms with E-state index >= 15 is 0 Å². The molecule has 0 aliphatic rings. The molecule has 4 aromatic heterocycles. The van der Waals surface area contributed by atoms with Crippen LogP contribution in [0.2, 0.25) is 0 Å². The maximum Gasteiger partial charge on any atom is 0.160 e. The van der Waals surface area contributed by atoms with Gasteiger partial charge in [-0.05, 0) is 65.4 Å². The number of hydrogen-bond acceptors (Lipinski definition) is 3. The van der Waals surface area contributed by atoms with Gasteiger partial charge in [0.15, 0.2) is 5.82 Å². The Balaban J connectivity index is 1.23. The van der Waals surface area contributed by atoms with Gasteiger partial charge in [-0.15, -0.1) is 0 Å². The Labute approximate surface area is 274 Å². The summed E-state index contributed by atoms with van der Waals surface area (Å²) in [4.78, 5) is 10.4. The number of rotatable bonds is 3. The highest BCUT2D eigenvalue weighted by molar-refractivity contribution is 6.27. The van der Waals surface area contributed by atoms with Crippen molar-refractivity contribution in [3.05, 3.63) is 152 Å². The normalized spacial score (nSPS) is 12.2. The third kappa shape index (κ3) is 3.54. The van der Waals surface area contributed by atoms with Crippen LogP contribution in [-0.2, 0) is 0 Å². The van der Waals surface area contributed by atoms with Crippen molar-refractivity contribution in [3.63, 3.8) is 0 Å². The summed E-state index contributed by atoms with van der Waals surface area (Å²) < 4.78 is 8.60. The first-order chi connectivity index (χ1) is 23.8. The first-order valence-corrected chi connectivity index (χ1v) is 16.2. The molecule has 0 saturated carbocycles. The standard InChI is InChI=1S/C44H25N3O/c1-2-10-27(11-3-1)44-45-36(28-20-21-41-33(22-28)31-15-5-7-19-40(31)48-41)25-37(46-44)29-23-34-30-14-4-6-17-38(30)47-39-18-9-13-26-12-8-16-32(42(26)39)35(24-29)43(34)47/h1-25H. The van der Waals surface area contributed by atoms with Crippen LogP contribution < -0.4 is 0 Å². The van der Waals surface area contributed by atoms with Gasteiger partial charge in [0.25, 0.3) is 0 Å². The number of furan rings is 1. The fourth-order valence-electron chi connectivity index (χ4n) is 7.78. The van der Waals surface area contributed by atoms with Crippen molar-refractivity contribution < 1.29 is 4.42 Å². The van der Waals surface area contributed by atoms with Crippen LogP contribution in [0.5, 0.6) is 0 Å². The van der Waals surface area contributed by atoms with E-state index in [2.05, 4.69) is 126 Å². The van der Waals surface area contributed by atoms with E-state index in [0.717, 1.165) is 50.0 Å². The Morgan fingerprint density at radius 3 is 1.94 bits per heavy atom. The topological polar surface area (TPSA) is 43.3 Å². The summed E-state index contributed by atoms with van der Waals surface area (Å²) in [6.07, 6.45) is 0. The minimum absolute atomic E-state index is 0.698. The molecule has 11 aromatic rings. The molecule has 0 aliphatic heterocycles. The minimum atomic E-state index is 0.698. The molecule has 7 aromatic carbocycles. The molecule has 4 heterocycles. The molecule has 0 aliphatic carbocycles. The molecule has 4 nitrogen and oxygen atoms in total. The predicted octanol–water partition coefficient (Wildman–Crippen LogP) is 11.7. The van der Waals surface area contributed by atoms with E-state index < -0.39 is 0 Å². The van der Waals surface area contributed by atoms with E-state index in [1.165, 1.54) is 48.9 Å². The van der Waals surface area contributed by atoms with Crippen LogP contribution in [0.3, 0.4) is 0 Å². The molecule has 4 heteroatoms. The third-order valence-corrected chi connectivity index (χ3v) is 9.91. The second-order valence-corrected chi connectivity index (χ2v) is 12.6. The van der Waals surface area contributed by atoms with Crippen molar-refractivity contribution in [2.75, 3.05) is 0 Å². The van der Waals surface area contributed by atoms with Crippen molar-refractivity contribution >= 4 is 70.8 Å². The average Bonchev–Trinajstić information content (AvgIpc) is 3.70. The van der Waals surface area contributed by atoms with Crippen LogP contribution in [0.15, 0.2) is 156 Å². The van der Waals surface area contributed by atoms with Gasteiger partial charge in [0.05, 0.1) is 27.9 Å².